The van der Waals surface area contributed by atoms with Gasteiger partial charge in [0.05, 0.1) is 17.9 Å². The van der Waals surface area contributed by atoms with Crippen LogP contribution in [0.1, 0.15) is 23.4 Å². The lowest BCUT2D eigenvalue weighted by Crippen LogP contribution is -2.34. The van der Waals surface area contributed by atoms with Crippen LogP contribution < -0.4 is 15.4 Å². The molecular weight excluding hydrogens is 332 g/mol. The molecule has 0 fully saturated rings. The summed E-state index contributed by atoms with van der Waals surface area (Å²) in [6, 6.07) is 10.4. The lowest BCUT2D eigenvalue weighted by atomic mass is 10.3. The molecular formula is C17H19ClN2O4. The molecule has 0 aliphatic heterocycles. The van der Waals surface area contributed by atoms with E-state index in [9.17, 15) is 9.59 Å². The third kappa shape index (κ3) is 5.96. The third-order valence-corrected chi connectivity index (χ3v) is 3.43. The van der Waals surface area contributed by atoms with Crippen LogP contribution in [0.25, 0.3) is 0 Å². The summed E-state index contributed by atoms with van der Waals surface area (Å²) in [6.45, 7) is 1.10. The van der Waals surface area contributed by atoms with Crippen molar-refractivity contribution in [1.29, 1.82) is 0 Å². The van der Waals surface area contributed by atoms with Crippen molar-refractivity contribution in [2.24, 2.45) is 0 Å². The number of nitrogens with one attached hydrogen (secondary N) is 2. The summed E-state index contributed by atoms with van der Waals surface area (Å²) in [5, 5.41) is 5.93. The summed E-state index contributed by atoms with van der Waals surface area (Å²) in [6.07, 6.45) is 2.35. The van der Waals surface area contributed by atoms with Crippen molar-refractivity contribution in [3.05, 3.63) is 53.4 Å². The van der Waals surface area contributed by atoms with Crippen molar-refractivity contribution in [1.82, 2.24) is 10.6 Å². The predicted octanol–water partition coefficient (Wildman–Crippen LogP) is 2.64. The second-order valence-electron chi connectivity index (χ2n) is 4.97. The van der Waals surface area contributed by atoms with Crippen LogP contribution in [-0.4, -0.2) is 31.5 Å². The number of carbonyl (C=O) groups is 2. The molecule has 0 saturated heterocycles. The maximum Gasteiger partial charge on any atom is 0.287 e. The van der Waals surface area contributed by atoms with Crippen LogP contribution in [0.5, 0.6) is 5.75 Å². The van der Waals surface area contributed by atoms with Gasteiger partial charge in [0.1, 0.15) is 5.75 Å². The van der Waals surface area contributed by atoms with Gasteiger partial charge in [-0.3, -0.25) is 9.59 Å². The van der Waals surface area contributed by atoms with Crippen LogP contribution in [0, 0.1) is 0 Å². The first-order valence-corrected chi connectivity index (χ1v) is 8.00. The second-order valence-corrected chi connectivity index (χ2v) is 5.37. The molecule has 0 aliphatic rings. The van der Waals surface area contributed by atoms with Crippen molar-refractivity contribution >= 4 is 23.4 Å². The third-order valence-electron chi connectivity index (χ3n) is 3.12. The normalized spacial score (nSPS) is 10.2. The highest BCUT2D eigenvalue weighted by Crippen LogP contribution is 2.23. The Hall–Kier alpha value is -2.47. The molecule has 7 heteroatoms. The molecule has 128 valence electrons. The minimum atomic E-state index is -0.303. The number of hydrogen-bond acceptors (Lipinski definition) is 4. The number of ether oxygens (including phenoxy) is 1. The first-order valence-electron chi connectivity index (χ1n) is 7.62. The minimum Gasteiger partial charge on any atom is -0.492 e. The van der Waals surface area contributed by atoms with E-state index in [0.29, 0.717) is 43.3 Å². The number of rotatable bonds is 9. The molecule has 0 unspecified atom stereocenters. The van der Waals surface area contributed by atoms with Crippen LogP contribution in [0.4, 0.5) is 0 Å². The van der Waals surface area contributed by atoms with Crippen molar-refractivity contribution in [3.8, 4) is 5.75 Å². The molecule has 0 aliphatic carbocycles. The number of furan rings is 1. The molecule has 1 aromatic heterocycles. The number of para-hydroxylation sites is 1. The quantitative estimate of drug-likeness (QED) is 0.681. The van der Waals surface area contributed by atoms with Gasteiger partial charge in [-0.05, 0) is 30.7 Å². The lowest BCUT2D eigenvalue weighted by molar-refractivity contribution is -0.121. The minimum absolute atomic E-state index is 0.0926. The number of halogens is 1. The van der Waals surface area contributed by atoms with Crippen LogP contribution in [0.2, 0.25) is 5.02 Å². The monoisotopic (exact) mass is 350 g/mol. The zero-order valence-corrected chi connectivity index (χ0v) is 13.8. The van der Waals surface area contributed by atoms with Crippen LogP contribution in [0.15, 0.2) is 47.1 Å². The molecule has 0 bridgehead atoms. The highest BCUT2D eigenvalue weighted by molar-refractivity contribution is 6.32. The van der Waals surface area contributed by atoms with E-state index < -0.39 is 0 Å². The Morgan fingerprint density at radius 1 is 1.08 bits per heavy atom. The number of amides is 2. The summed E-state index contributed by atoms with van der Waals surface area (Å²) in [5.74, 6) is 0.464. The first-order chi connectivity index (χ1) is 11.7. The number of carbonyl (C=O) groups excluding carboxylic acids is 2. The summed E-state index contributed by atoms with van der Waals surface area (Å²) >= 11 is 5.97. The van der Waals surface area contributed by atoms with Crippen LogP contribution in [-0.2, 0) is 4.79 Å². The van der Waals surface area contributed by atoms with Gasteiger partial charge in [0.25, 0.3) is 5.91 Å². The summed E-state index contributed by atoms with van der Waals surface area (Å²) < 4.78 is 10.5. The summed E-state index contributed by atoms with van der Waals surface area (Å²) in [4.78, 5) is 23.2. The molecule has 2 aromatic rings. The summed E-state index contributed by atoms with van der Waals surface area (Å²) in [5.41, 5.74) is 0. The molecule has 0 spiro atoms. The van der Waals surface area contributed by atoms with Gasteiger partial charge in [-0.25, -0.2) is 0 Å². The van der Waals surface area contributed by atoms with Gasteiger partial charge < -0.3 is 19.8 Å². The van der Waals surface area contributed by atoms with Crippen molar-refractivity contribution in [3.63, 3.8) is 0 Å². The summed E-state index contributed by atoms with van der Waals surface area (Å²) in [7, 11) is 0. The van der Waals surface area contributed by atoms with E-state index in [-0.39, 0.29) is 17.6 Å². The fourth-order valence-electron chi connectivity index (χ4n) is 1.94. The fourth-order valence-corrected chi connectivity index (χ4v) is 2.13. The average Bonchev–Trinajstić information content (AvgIpc) is 3.11. The van der Waals surface area contributed by atoms with Crippen LogP contribution in [0.3, 0.4) is 0 Å². The zero-order chi connectivity index (χ0) is 17.2. The molecule has 24 heavy (non-hydrogen) atoms. The van der Waals surface area contributed by atoms with E-state index in [1.54, 1.807) is 24.3 Å². The maximum absolute atomic E-state index is 11.7. The van der Waals surface area contributed by atoms with Gasteiger partial charge in [0.15, 0.2) is 5.76 Å². The maximum atomic E-state index is 11.7. The predicted molar refractivity (Wildman–Crippen MR) is 90.2 cm³/mol. The second kappa shape index (κ2) is 9.62. The van der Waals surface area contributed by atoms with E-state index in [2.05, 4.69) is 10.6 Å². The average molecular weight is 351 g/mol. The zero-order valence-electron chi connectivity index (χ0n) is 13.1. The van der Waals surface area contributed by atoms with Gasteiger partial charge in [-0.2, -0.15) is 0 Å². The van der Waals surface area contributed by atoms with Gasteiger partial charge in [-0.1, -0.05) is 23.7 Å². The number of hydrogen-bond donors (Lipinski definition) is 2. The van der Waals surface area contributed by atoms with Crippen molar-refractivity contribution in [2.75, 3.05) is 19.7 Å². The molecule has 2 amide bonds. The smallest absolute Gasteiger partial charge is 0.287 e. The lowest BCUT2D eigenvalue weighted by Gasteiger charge is -2.08. The van der Waals surface area contributed by atoms with Gasteiger partial charge in [-0.15, -0.1) is 0 Å². The number of benzene rings is 1. The molecule has 0 saturated carbocycles. The Morgan fingerprint density at radius 2 is 1.88 bits per heavy atom. The topological polar surface area (TPSA) is 80.6 Å². The Bertz CT molecular complexity index is 658. The van der Waals surface area contributed by atoms with E-state index in [1.165, 1.54) is 6.26 Å². The largest absolute Gasteiger partial charge is 0.492 e. The SMILES string of the molecule is O=C(CCCOc1ccccc1Cl)NCCNC(=O)c1ccco1. The molecule has 0 atom stereocenters. The molecule has 1 aromatic carbocycles. The van der Waals surface area contributed by atoms with Gasteiger partial charge >= 0.3 is 0 Å². The molecule has 6 nitrogen and oxygen atoms in total. The highest BCUT2D eigenvalue weighted by Gasteiger charge is 2.07. The Kier molecular flexibility index (Phi) is 7.17. The van der Waals surface area contributed by atoms with E-state index in [4.69, 9.17) is 20.8 Å². The first kappa shape index (κ1) is 17.9. The molecule has 1 heterocycles. The molecule has 2 rings (SSSR count). The Labute approximate surface area is 145 Å². The standard InChI is InChI=1S/C17H19ClN2O4/c18-13-5-1-2-6-14(13)23-12-4-8-16(21)19-9-10-20-17(22)15-7-3-11-24-15/h1-3,5-7,11H,4,8-10,12H2,(H,19,21)(H,20,22). The van der Waals surface area contributed by atoms with E-state index in [0.717, 1.165) is 0 Å². The Balaban J connectivity index is 1.52. The fraction of sp³-hybridized carbons (Fsp3) is 0.294. The van der Waals surface area contributed by atoms with Crippen molar-refractivity contribution in [2.45, 2.75) is 12.8 Å². The van der Waals surface area contributed by atoms with E-state index in [1.807, 2.05) is 12.1 Å². The van der Waals surface area contributed by atoms with Gasteiger partial charge in [0.2, 0.25) is 5.91 Å². The Morgan fingerprint density at radius 3 is 2.62 bits per heavy atom. The molecule has 2 N–H and O–H groups in total. The molecule has 0 radical (unpaired) electrons. The van der Waals surface area contributed by atoms with Crippen molar-refractivity contribution < 1.29 is 18.7 Å². The van der Waals surface area contributed by atoms with Crippen LogP contribution >= 0.6 is 11.6 Å². The van der Waals surface area contributed by atoms with E-state index >= 15 is 0 Å². The van der Waals surface area contributed by atoms with Gasteiger partial charge in [0, 0.05) is 19.5 Å². The highest BCUT2D eigenvalue weighted by atomic mass is 35.5.